The Bertz CT molecular complexity index is 403. The van der Waals surface area contributed by atoms with Gasteiger partial charge in [-0.2, -0.15) is 0 Å². The minimum atomic E-state index is -0.330. The molecule has 0 radical (unpaired) electrons. The van der Waals surface area contributed by atoms with Crippen LogP contribution >= 0.6 is 22.9 Å². The fraction of sp³-hybridized carbons (Fsp3) is 0.417. The largest absolute Gasteiger partial charge is 0.463 e. The maximum Gasteiger partial charge on any atom is 0.334 e. The monoisotopic (exact) mass is 273 g/mol. The Morgan fingerprint density at radius 2 is 2.29 bits per heavy atom. The first kappa shape index (κ1) is 14.2. The molecular formula is C12H16ClNO2S. The van der Waals surface area contributed by atoms with Crippen LogP contribution < -0.4 is 0 Å². The summed E-state index contributed by atoms with van der Waals surface area (Å²) >= 11 is 7.39. The van der Waals surface area contributed by atoms with Crippen LogP contribution in [-0.4, -0.2) is 31.1 Å². The molecule has 0 saturated heterocycles. The van der Waals surface area contributed by atoms with Crippen molar-refractivity contribution in [3.63, 3.8) is 0 Å². The quantitative estimate of drug-likeness (QED) is 0.590. The van der Waals surface area contributed by atoms with Crippen molar-refractivity contribution in [1.82, 2.24) is 4.90 Å². The first-order valence-electron chi connectivity index (χ1n) is 5.30. The molecule has 0 bridgehead atoms. The number of likely N-dealkylation sites (N-methyl/N-ethyl adjacent to an activating group) is 1. The van der Waals surface area contributed by atoms with Crippen molar-refractivity contribution in [1.29, 1.82) is 0 Å². The number of halogens is 1. The van der Waals surface area contributed by atoms with Crippen LogP contribution in [0, 0.1) is 0 Å². The molecule has 0 aliphatic heterocycles. The fourth-order valence-electron chi connectivity index (χ4n) is 1.38. The van der Waals surface area contributed by atoms with E-state index in [0.717, 1.165) is 15.8 Å². The third-order valence-electron chi connectivity index (χ3n) is 2.08. The highest BCUT2D eigenvalue weighted by atomic mass is 35.5. The van der Waals surface area contributed by atoms with E-state index in [0.29, 0.717) is 18.7 Å². The Kier molecular flexibility index (Phi) is 5.68. The summed E-state index contributed by atoms with van der Waals surface area (Å²) in [5.74, 6) is -0.330. The minimum Gasteiger partial charge on any atom is -0.463 e. The number of carbonyl (C=O) groups is 1. The second-order valence-corrected chi connectivity index (χ2v) is 5.50. The molecule has 1 aromatic rings. The average Bonchev–Trinajstić information content (AvgIpc) is 2.64. The van der Waals surface area contributed by atoms with E-state index >= 15 is 0 Å². The Balaban J connectivity index is 2.41. The molecule has 3 nitrogen and oxygen atoms in total. The number of carbonyl (C=O) groups excluding carboxylic acids is 1. The normalized spacial score (nSPS) is 10.6. The zero-order chi connectivity index (χ0) is 12.8. The topological polar surface area (TPSA) is 29.5 Å². The van der Waals surface area contributed by atoms with Gasteiger partial charge in [0, 0.05) is 23.5 Å². The third-order valence-corrected chi connectivity index (χ3v) is 3.30. The molecule has 94 valence electrons. The van der Waals surface area contributed by atoms with Crippen molar-refractivity contribution in [3.8, 4) is 0 Å². The zero-order valence-corrected chi connectivity index (χ0v) is 11.6. The first-order valence-corrected chi connectivity index (χ1v) is 6.50. The van der Waals surface area contributed by atoms with Gasteiger partial charge in [0.2, 0.25) is 0 Å². The van der Waals surface area contributed by atoms with Crippen LogP contribution in [0.2, 0.25) is 4.34 Å². The number of thiophene rings is 1. The van der Waals surface area contributed by atoms with Crippen LogP contribution in [0.4, 0.5) is 0 Å². The van der Waals surface area contributed by atoms with Crippen LogP contribution in [0.3, 0.4) is 0 Å². The molecular weight excluding hydrogens is 258 g/mol. The van der Waals surface area contributed by atoms with Gasteiger partial charge in [0.05, 0.1) is 10.9 Å². The highest BCUT2D eigenvalue weighted by Crippen LogP contribution is 2.22. The smallest absolute Gasteiger partial charge is 0.334 e. The average molecular weight is 274 g/mol. The van der Waals surface area contributed by atoms with Gasteiger partial charge in [0.15, 0.2) is 0 Å². The molecule has 0 aromatic carbocycles. The van der Waals surface area contributed by atoms with Gasteiger partial charge < -0.3 is 4.74 Å². The number of hydrogen-bond acceptors (Lipinski definition) is 4. The van der Waals surface area contributed by atoms with Gasteiger partial charge in [0.1, 0.15) is 0 Å². The maximum atomic E-state index is 11.4. The van der Waals surface area contributed by atoms with Crippen molar-refractivity contribution in [2.75, 3.05) is 20.2 Å². The molecule has 1 aromatic heterocycles. The predicted molar refractivity (Wildman–Crippen MR) is 71.4 cm³/mol. The molecule has 0 amide bonds. The van der Waals surface area contributed by atoms with Gasteiger partial charge in [-0.1, -0.05) is 18.2 Å². The first-order chi connectivity index (χ1) is 8.02. The molecule has 17 heavy (non-hydrogen) atoms. The van der Waals surface area contributed by atoms with Gasteiger partial charge in [-0.25, -0.2) is 4.79 Å². The molecule has 0 atom stereocenters. The van der Waals surface area contributed by atoms with Gasteiger partial charge in [-0.3, -0.25) is 4.90 Å². The Hall–Kier alpha value is -0.840. The number of esters is 1. The standard InChI is InChI=1S/C12H16ClNO2S/c1-4-16-12(15)9(2)7-14(3)8-10-5-6-11(13)17-10/h5-6H,2,4,7-8H2,1,3H3. The van der Waals surface area contributed by atoms with E-state index in [1.54, 1.807) is 6.92 Å². The van der Waals surface area contributed by atoms with Crippen LogP contribution in [0.1, 0.15) is 11.8 Å². The molecule has 0 fully saturated rings. The van der Waals surface area contributed by atoms with Gasteiger partial charge in [-0.05, 0) is 26.1 Å². The summed E-state index contributed by atoms with van der Waals surface area (Å²) in [6.45, 7) is 7.12. The number of ether oxygens (including phenoxy) is 1. The molecule has 0 unspecified atom stereocenters. The molecule has 1 heterocycles. The molecule has 0 saturated carbocycles. The van der Waals surface area contributed by atoms with E-state index in [1.165, 1.54) is 11.3 Å². The van der Waals surface area contributed by atoms with Crippen LogP contribution in [-0.2, 0) is 16.1 Å². The zero-order valence-electron chi connectivity index (χ0n) is 10.0. The van der Waals surface area contributed by atoms with E-state index in [1.807, 2.05) is 24.1 Å². The lowest BCUT2D eigenvalue weighted by atomic mass is 10.3. The Labute approximate surface area is 111 Å². The van der Waals surface area contributed by atoms with Crippen molar-refractivity contribution in [3.05, 3.63) is 33.5 Å². The number of rotatable bonds is 6. The van der Waals surface area contributed by atoms with Crippen molar-refractivity contribution < 1.29 is 9.53 Å². The highest BCUT2D eigenvalue weighted by molar-refractivity contribution is 7.16. The molecule has 0 spiro atoms. The van der Waals surface area contributed by atoms with Gasteiger partial charge in [0.25, 0.3) is 0 Å². The van der Waals surface area contributed by atoms with E-state index in [9.17, 15) is 4.79 Å². The van der Waals surface area contributed by atoms with Crippen LogP contribution in [0.15, 0.2) is 24.3 Å². The lowest BCUT2D eigenvalue weighted by Crippen LogP contribution is -2.23. The summed E-state index contributed by atoms with van der Waals surface area (Å²) in [5, 5.41) is 0. The minimum absolute atomic E-state index is 0.330. The Morgan fingerprint density at radius 3 is 2.82 bits per heavy atom. The maximum absolute atomic E-state index is 11.4. The second kappa shape index (κ2) is 6.79. The summed E-state index contributed by atoms with van der Waals surface area (Å²) in [4.78, 5) is 14.5. The van der Waals surface area contributed by atoms with E-state index < -0.39 is 0 Å². The van der Waals surface area contributed by atoms with Crippen molar-refractivity contribution >= 4 is 28.9 Å². The fourth-order valence-corrected chi connectivity index (χ4v) is 2.55. The second-order valence-electron chi connectivity index (χ2n) is 3.70. The Morgan fingerprint density at radius 1 is 1.59 bits per heavy atom. The number of hydrogen-bond donors (Lipinski definition) is 0. The third kappa shape index (κ3) is 4.89. The van der Waals surface area contributed by atoms with Gasteiger partial charge >= 0.3 is 5.97 Å². The predicted octanol–water partition coefficient (Wildman–Crippen LogP) is 2.95. The SMILES string of the molecule is C=C(CN(C)Cc1ccc(Cl)s1)C(=O)OCC. The molecule has 0 aliphatic carbocycles. The summed E-state index contributed by atoms with van der Waals surface area (Å²) in [6, 6.07) is 3.85. The lowest BCUT2D eigenvalue weighted by Gasteiger charge is -2.16. The highest BCUT2D eigenvalue weighted by Gasteiger charge is 2.11. The van der Waals surface area contributed by atoms with Gasteiger partial charge in [-0.15, -0.1) is 11.3 Å². The van der Waals surface area contributed by atoms with Crippen LogP contribution in [0.25, 0.3) is 0 Å². The summed E-state index contributed by atoms with van der Waals surface area (Å²) in [6.07, 6.45) is 0. The molecule has 0 N–H and O–H groups in total. The van der Waals surface area contributed by atoms with E-state index in [-0.39, 0.29) is 5.97 Å². The molecule has 5 heteroatoms. The summed E-state index contributed by atoms with van der Waals surface area (Å²) in [5.41, 5.74) is 0.469. The molecule has 0 aliphatic rings. The lowest BCUT2D eigenvalue weighted by molar-refractivity contribution is -0.138. The van der Waals surface area contributed by atoms with E-state index in [2.05, 4.69) is 6.58 Å². The summed E-state index contributed by atoms with van der Waals surface area (Å²) < 4.78 is 5.65. The van der Waals surface area contributed by atoms with Crippen LogP contribution in [0.5, 0.6) is 0 Å². The van der Waals surface area contributed by atoms with Crippen molar-refractivity contribution in [2.24, 2.45) is 0 Å². The molecule has 1 rings (SSSR count). The number of nitrogens with zero attached hydrogens (tertiary/aromatic N) is 1. The summed E-state index contributed by atoms with van der Waals surface area (Å²) in [7, 11) is 1.93. The van der Waals surface area contributed by atoms with E-state index in [4.69, 9.17) is 16.3 Å². The van der Waals surface area contributed by atoms with Crippen molar-refractivity contribution in [2.45, 2.75) is 13.5 Å².